The number of aromatic nitrogens is 1. The van der Waals surface area contributed by atoms with E-state index < -0.39 is 17.2 Å². The molecule has 0 unspecified atom stereocenters. The highest BCUT2D eigenvalue weighted by Gasteiger charge is 2.19. The number of methoxy groups -OCH3 is 1. The van der Waals surface area contributed by atoms with Crippen LogP contribution in [0.15, 0.2) is 59.5 Å². The average molecular weight is 434 g/mol. The maximum absolute atomic E-state index is 14.0. The molecular weight excluding hydrogens is 411 g/mol. The van der Waals surface area contributed by atoms with Gasteiger partial charge in [-0.25, -0.2) is 4.39 Å². The number of hydrogen-bond acceptors (Lipinski definition) is 5. The smallest absolute Gasteiger partial charge is 0.268 e. The van der Waals surface area contributed by atoms with Crippen molar-refractivity contribution in [1.82, 2.24) is 4.57 Å². The first-order chi connectivity index (χ1) is 15.4. The number of nitrogens with zero attached hydrogens (tertiary/aromatic N) is 2. The number of ether oxygens (including phenoxy) is 2. The predicted octanol–water partition coefficient (Wildman–Crippen LogP) is 4.01. The Hall–Kier alpha value is -3.76. The number of aryl methyl sites for hydroxylation is 2. The minimum atomic E-state index is -0.592. The molecule has 1 aromatic heterocycles. The van der Waals surface area contributed by atoms with Crippen molar-refractivity contribution in [2.24, 2.45) is 0 Å². The molecule has 0 amide bonds. The van der Waals surface area contributed by atoms with Crippen LogP contribution in [0.25, 0.3) is 0 Å². The fourth-order valence-electron chi connectivity index (χ4n) is 3.31. The molecule has 164 valence electrons. The van der Waals surface area contributed by atoms with E-state index >= 15 is 0 Å². The van der Waals surface area contributed by atoms with Gasteiger partial charge >= 0.3 is 0 Å². The SMILES string of the molecule is COCCCn1cc(C(=O)c2cc(F)ccc2OCc2cccc(C)c2)cc(C#N)c1=O. The maximum atomic E-state index is 14.0. The summed E-state index contributed by atoms with van der Waals surface area (Å²) in [4.78, 5) is 25.7. The number of pyridine rings is 1. The quantitative estimate of drug-likeness (QED) is 0.375. The lowest BCUT2D eigenvalue weighted by atomic mass is 10.0. The van der Waals surface area contributed by atoms with E-state index in [9.17, 15) is 19.2 Å². The van der Waals surface area contributed by atoms with Gasteiger partial charge in [-0.05, 0) is 43.2 Å². The Balaban J connectivity index is 1.94. The van der Waals surface area contributed by atoms with Crippen molar-refractivity contribution in [3.8, 4) is 11.8 Å². The summed E-state index contributed by atoms with van der Waals surface area (Å²) in [6.07, 6.45) is 1.92. The number of rotatable bonds is 9. The van der Waals surface area contributed by atoms with Gasteiger partial charge in [0.2, 0.25) is 0 Å². The first-order valence-electron chi connectivity index (χ1n) is 10.1. The molecular formula is C25H23FN2O4. The molecule has 3 rings (SSSR count). The number of carbonyl (C=O) groups is 1. The summed E-state index contributed by atoms with van der Waals surface area (Å²) in [5.74, 6) is -0.917. The molecule has 0 bridgehead atoms. The van der Waals surface area contributed by atoms with Crippen LogP contribution in [0.4, 0.5) is 4.39 Å². The van der Waals surface area contributed by atoms with Crippen molar-refractivity contribution >= 4 is 5.78 Å². The predicted molar refractivity (Wildman–Crippen MR) is 117 cm³/mol. The van der Waals surface area contributed by atoms with Crippen LogP contribution < -0.4 is 10.3 Å². The molecule has 0 radical (unpaired) electrons. The molecule has 7 heteroatoms. The van der Waals surface area contributed by atoms with Crippen LogP contribution in [0.1, 0.15) is 39.0 Å². The van der Waals surface area contributed by atoms with Gasteiger partial charge in [0.1, 0.15) is 29.8 Å². The molecule has 0 aliphatic heterocycles. The fourth-order valence-corrected chi connectivity index (χ4v) is 3.31. The zero-order valence-corrected chi connectivity index (χ0v) is 17.9. The van der Waals surface area contributed by atoms with Crippen LogP contribution in [0.3, 0.4) is 0 Å². The molecule has 0 saturated carbocycles. The topological polar surface area (TPSA) is 81.3 Å². The molecule has 0 aliphatic carbocycles. The third-order valence-corrected chi connectivity index (χ3v) is 4.88. The number of nitriles is 1. The first-order valence-corrected chi connectivity index (χ1v) is 10.1. The Morgan fingerprint density at radius 3 is 2.72 bits per heavy atom. The van der Waals surface area contributed by atoms with Crippen LogP contribution in [0, 0.1) is 24.1 Å². The van der Waals surface area contributed by atoms with Crippen LogP contribution in [-0.2, 0) is 17.9 Å². The van der Waals surface area contributed by atoms with Gasteiger partial charge in [-0.2, -0.15) is 5.26 Å². The van der Waals surface area contributed by atoms with Crippen LogP contribution in [-0.4, -0.2) is 24.1 Å². The summed E-state index contributed by atoms with van der Waals surface area (Å²) in [5, 5.41) is 9.34. The fraction of sp³-hybridized carbons (Fsp3) is 0.240. The molecule has 3 aromatic rings. The zero-order valence-electron chi connectivity index (χ0n) is 17.9. The van der Waals surface area contributed by atoms with E-state index in [-0.39, 0.29) is 35.6 Å². The van der Waals surface area contributed by atoms with Gasteiger partial charge in [-0.1, -0.05) is 29.8 Å². The van der Waals surface area contributed by atoms with E-state index in [4.69, 9.17) is 9.47 Å². The summed E-state index contributed by atoms with van der Waals surface area (Å²) in [7, 11) is 1.55. The van der Waals surface area contributed by atoms with Gasteiger partial charge in [-0.15, -0.1) is 0 Å². The largest absolute Gasteiger partial charge is 0.488 e. The highest BCUT2D eigenvalue weighted by atomic mass is 19.1. The summed E-state index contributed by atoms with van der Waals surface area (Å²) < 4.78 is 26.1. The summed E-state index contributed by atoms with van der Waals surface area (Å²) in [6, 6.07) is 14.5. The summed E-state index contributed by atoms with van der Waals surface area (Å²) >= 11 is 0. The second-order valence-corrected chi connectivity index (χ2v) is 7.35. The van der Waals surface area contributed by atoms with Gasteiger partial charge < -0.3 is 14.0 Å². The van der Waals surface area contributed by atoms with Crippen molar-refractivity contribution in [2.75, 3.05) is 13.7 Å². The first kappa shape index (κ1) is 22.9. The number of halogens is 1. The molecule has 32 heavy (non-hydrogen) atoms. The maximum Gasteiger partial charge on any atom is 0.268 e. The Labute approximate surface area is 185 Å². The third-order valence-electron chi connectivity index (χ3n) is 4.88. The van der Waals surface area contributed by atoms with E-state index in [0.717, 1.165) is 17.2 Å². The molecule has 2 aromatic carbocycles. The average Bonchev–Trinajstić information content (AvgIpc) is 2.79. The lowest BCUT2D eigenvalue weighted by molar-refractivity contribution is 0.103. The molecule has 1 heterocycles. The van der Waals surface area contributed by atoms with E-state index in [2.05, 4.69) is 0 Å². The third kappa shape index (κ3) is 5.48. The van der Waals surface area contributed by atoms with Crippen LogP contribution >= 0.6 is 0 Å². The van der Waals surface area contributed by atoms with Crippen LogP contribution in [0.2, 0.25) is 0 Å². The van der Waals surface area contributed by atoms with Gasteiger partial charge in [0.05, 0.1) is 5.56 Å². The van der Waals surface area contributed by atoms with Crippen molar-refractivity contribution in [3.05, 3.63) is 98.7 Å². The van der Waals surface area contributed by atoms with Crippen molar-refractivity contribution in [3.63, 3.8) is 0 Å². The van der Waals surface area contributed by atoms with Gasteiger partial charge in [-0.3, -0.25) is 9.59 Å². The van der Waals surface area contributed by atoms with E-state index in [1.807, 2.05) is 37.3 Å². The standard InChI is InChI=1S/C25H23FN2O4/c1-17-5-3-6-18(11-17)16-32-23-8-7-21(26)13-22(23)24(29)20-12-19(14-27)25(30)28(15-20)9-4-10-31-2/h3,5-8,11-13,15H,4,9-10,16H2,1-2H3. The molecule has 0 N–H and O–H groups in total. The van der Waals surface area contributed by atoms with Crippen LogP contribution in [0.5, 0.6) is 5.75 Å². The van der Waals surface area contributed by atoms with Crippen molar-refractivity contribution < 1.29 is 18.7 Å². The lowest BCUT2D eigenvalue weighted by Gasteiger charge is -2.13. The van der Waals surface area contributed by atoms with Crippen molar-refractivity contribution in [2.45, 2.75) is 26.5 Å². The van der Waals surface area contributed by atoms with Gasteiger partial charge in [0, 0.05) is 32.0 Å². The van der Waals surface area contributed by atoms with E-state index in [1.165, 1.54) is 29.0 Å². The number of ketones is 1. The summed E-state index contributed by atoms with van der Waals surface area (Å²) in [6.45, 7) is 2.87. The number of hydrogen-bond donors (Lipinski definition) is 0. The molecule has 0 spiro atoms. The van der Waals surface area contributed by atoms with Gasteiger partial charge in [0.25, 0.3) is 5.56 Å². The lowest BCUT2D eigenvalue weighted by Crippen LogP contribution is -2.24. The minimum absolute atomic E-state index is 0.0173. The Morgan fingerprint density at radius 2 is 2.00 bits per heavy atom. The van der Waals surface area contributed by atoms with E-state index in [0.29, 0.717) is 13.0 Å². The molecule has 0 aliphatic rings. The molecule has 0 fully saturated rings. The molecule has 6 nitrogen and oxygen atoms in total. The molecule has 0 atom stereocenters. The highest BCUT2D eigenvalue weighted by Crippen LogP contribution is 2.24. The Bertz CT molecular complexity index is 1230. The molecule has 0 saturated heterocycles. The zero-order chi connectivity index (χ0) is 23.1. The highest BCUT2D eigenvalue weighted by molar-refractivity contribution is 6.10. The minimum Gasteiger partial charge on any atom is -0.488 e. The Morgan fingerprint density at radius 1 is 1.19 bits per heavy atom. The monoisotopic (exact) mass is 434 g/mol. The van der Waals surface area contributed by atoms with Gasteiger partial charge in [0.15, 0.2) is 5.78 Å². The second-order valence-electron chi connectivity index (χ2n) is 7.35. The Kier molecular flexibility index (Phi) is 7.53. The number of carbonyl (C=O) groups excluding carboxylic acids is 1. The van der Waals surface area contributed by atoms with Crippen molar-refractivity contribution in [1.29, 1.82) is 5.26 Å². The van der Waals surface area contributed by atoms with E-state index in [1.54, 1.807) is 7.11 Å². The number of benzene rings is 2. The second kappa shape index (κ2) is 10.5. The normalized spacial score (nSPS) is 10.6. The summed E-state index contributed by atoms with van der Waals surface area (Å²) in [5.41, 5.74) is 1.45.